The molecule has 38 heavy (non-hydrogen) atoms. The number of likely N-dealkylation sites (tertiary alicyclic amines) is 1. The number of nitrogens with one attached hydrogen (secondary N) is 3. The zero-order valence-electron chi connectivity index (χ0n) is 20.9. The number of aromatic nitrogens is 4. The Hall–Kier alpha value is -4.15. The number of aromatic amines is 1. The topological polar surface area (TPSA) is 136 Å². The van der Waals surface area contributed by atoms with Crippen LogP contribution >= 0.6 is 0 Å². The molecule has 2 fully saturated rings. The number of anilines is 2. The fourth-order valence-electron chi connectivity index (χ4n) is 4.80. The van der Waals surface area contributed by atoms with Crippen molar-refractivity contribution in [1.82, 2.24) is 25.1 Å². The number of H-pyrrole nitrogens is 1. The quantitative estimate of drug-likeness (QED) is 0.298. The van der Waals surface area contributed by atoms with Gasteiger partial charge >= 0.3 is 0 Å². The van der Waals surface area contributed by atoms with Crippen molar-refractivity contribution in [2.24, 2.45) is 5.92 Å². The Morgan fingerprint density at radius 2 is 1.79 bits per heavy atom. The molecule has 0 bridgehead atoms. The molecule has 6 rings (SSSR count). The minimum Gasteiger partial charge on any atom is -0.393 e. The second-order valence-electron chi connectivity index (χ2n) is 10.1. The molecule has 10 heteroatoms. The van der Waals surface area contributed by atoms with Crippen LogP contribution in [0.5, 0.6) is 0 Å². The van der Waals surface area contributed by atoms with Crippen LogP contribution in [0.4, 0.5) is 11.4 Å². The van der Waals surface area contributed by atoms with Gasteiger partial charge in [0.2, 0.25) is 5.91 Å². The number of pyridine rings is 2. The van der Waals surface area contributed by atoms with Crippen molar-refractivity contribution in [3.63, 3.8) is 0 Å². The number of fused-ring (bicyclic) bond motifs is 1. The zero-order chi connectivity index (χ0) is 26.1. The summed E-state index contributed by atoms with van der Waals surface area (Å²) in [4.78, 5) is 36.4. The van der Waals surface area contributed by atoms with E-state index in [0.29, 0.717) is 16.8 Å². The number of rotatable bonds is 7. The summed E-state index contributed by atoms with van der Waals surface area (Å²) < 4.78 is 0. The Labute approximate surface area is 219 Å². The van der Waals surface area contributed by atoms with Crippen molar-refractivity contribution < 1.29 is 14.7 Å². The first-order valence-electron chi connectivity index (χ1n) is 12.9. The molecule has 1 aliphatic carbocycles. The standard InChI is InChI=1S/C28H29N7O3/c36-21-6-9-35(10-7-21)16-17-11-20(14-30-13-17)19-3-4-23-22(12-19)26(34-33-23)28(38)32-25-15-29-8-5-24(25)31-27(37)18-1-2-18/h3-5,8,11-15,18,21,36H,1-2,6-7,9-10,16H2,(H,32,38)(H,33,34)(H,29,31,37). The maximum Gasteiger partial charge on any atom is 0.276 e. The van der Waals surface area contributed by atoms with E-state index >= 15 is 0 Å². The summed E-state index contributed by atoms with van der Waals surface area (Å²) >= 11 is 0. The van der Waals surface area contributed by atoms with Crippen molar-refractivity contribution in [2.45, 2.75) is 38.3 Å². The Balaban J connectivity index is 1.22. The van der Waals surface area contributed by atoms with E-state index in [-0.39, 0.29) is 23.6 Å². The maximum atomic E-state index is 13.3. The first-order valence-corrected chi connectivity index (χ1v) is 12.9. The molecule has 0 unspecified atom stereocenters. The first kappa shape index (κ1) is 24.2. The predicted octanol–water partition coefficient (Wildman–Crippen LogP) is 3.58. The number of carbonyl (C=O) groups is 2. The van der Waals surface area contributed by atoms with Gasteiger partial charge in [-0.25, -0.2) is 0 Å². The molecular formula is C28H29N7O3. The fourth-order valence-corrected chi connectivity index (χ4v) is 4.80. The molecular weight excluding hydrogens is 482 g/mol. The van der Waals surface area contributed by atoms with Crippen LogP contribution in [0.3, 0.4) is 0 Å². The first-order chi connectivity index (χ1) is 18.5. The molecule has 1 saturated heterocycles. The summed E-state index contributed by atoms with van der Waals surface area (Å²) in [5.41, 5.74) is 4.89. The highest BCUT2D eigenvalue weighted by atomic mass is 16.3. The van der Waals surface area contributed by atoms with Crippen LogP contribution in [0, 0.1) is 5.92 Å². The lowest BCUT2D eigenvalue weighted by atomic mass is 10.0. The lowest BCUT2D eigenvalue weighted by molar-refractivity contribution is -0.117. The van der Waals surface area contributed by atoms with Gasteiger partial charge in [-0.15, -0.1) is 0 Å². The number of benzene rings is 1. The maximum absolute atomic E-state index is 13.3. The SMILES string of the molecule is O=C(Nc1cnccc1NC(=O)C1CC1)c1n[nH]c2ccc(-c3cncc(CN4CCC(O)CC4)c3)cc12. The van der Waals surface area contributed by atoms with Crippen molar-refractivity contribution >= 4 is 34.1 Å². The largest absolute Gasteiger partial charge is 0.393 e. The molecule has 4 aromatic rings. The number of nitrogens with zero attached hydrogens (tertiary/aromatic N) is 4. The van der Waals surface area contributed by atoms with E-state index in [4.69, 9.17) is 0 Å². The third-order valence-corrected chi connectivity index (χ3v) is 7.14. The van der Waals surface area contributed by atoms with Gasteiger partial charge in [-0.05, 0) is 61.1 Å². The minimum absolute atomic E-state index is 0.0427. The molecule has 0 radical (unpaired) electrons. The molecule has 4 heterocycles. The molecule has 2 amide bonds. The molecule has 1 aliphatic heterocycles. The molecule has 1 aromatic carbocycles. The third-order valence-electron chi connectivity index (χ3n) is 7.14. The fraction of sp³-hybridized carbons (Fsp3) is 0.321. The average molecular weight is 512 g/mol. The molecule has 3 aromatic heterocycles. The number of hydrogen-bond donors (Lipinski definition) is 4. The average Bonchev–Trinajstić information content (AvgIpc) is 3.70. The number of aliphatic hydroxyl groups excluding tert-OH is 1. The second-order valence-corrected chi connectivity index (χ2v) is 10.1. The number of piperidine rings is 1. The number of hydrogen-bond acceptors (Lipinski definition) is 7. The summed E-state index contributed by atoms with van der Waals surface area (Å²) in [5, 5.41) is 23.4. The van der Waals surface area contributed by atoms with E-state index in [9.17, 15) is 14.7 Å². The van der Waals surface area contributed by atoms with Gasteiger partial charge in [0.15, 0.2) is 5.69 Å². The highest BCUT2D eigenvalue weighted by Gasteiger charge is 2.30. The van der Waals surface area contributed by atoms with Crippen molar-refractivity contribution in [3.8, 4) is 11.1 Å². The molecule has 2 aliphatic rings. The minimum atomic E-state index is -0.400. The van der Waals surface area contributed by atoms with Crippen molar-refractivity contribution in [1.29, 1.82) is 0 Å². The highest BCUT2D eigenvalue weighted by Crippen LogP contribution is 2.32. The van der Waals surface area contributed by atoms with Crippen LogP contribution in [0.2, 0.25) is 0 Å². The molecule has 0 atom stereocenters. The van der Waals surface area contributed by atoms with Gasteiger partial charge in [0.25, 0.3) is 5.91 Å². The molecule has 4 N–H and O–H groups in total. The van der Waals surface area contributed by atoms with Crippen LogP contribution in [-0.4, -0.2) is 61.2 Å². The Bertz CT molecular complexity index is 1490. The number of amides is 2. The number of aliphatic hydroxyl groups is 1. The zero-order valence-corrected chi connectivity index (χ0v) is 20.9. The van der Waals surface area contributed by atoms with E-state index in [1.807, 2.05) is 30.6 Å². The molecule has 194 valence electrons. The Morgan fingerprint density at radius 1 is 0.947 bits per heavy atom. The lowest BCUT2D eigenvalue weighted by Gasteiger charge is -2.29. The molecule has 10 nitrogen and oxygen atoms in total. The summed E-state index contributed by atoms with van der Waals surface area (Å²) in [6, 6.07) is 9.60. The third kappa shape index (κ3) is 5.27. The van der Waals surface area contributed by atoms with Crippen molar-refractivity contribution in [3.05, 3.63) is 66.4 Å². The van der Waals surface area contributed by atoms with Crippen LogP contribution in [-0.2, 0) is 11.3 Å². The van der Waals surface area contributed by atoms with Crippen LogP contribution < -0.4 is 10.6 Å². The Morgan fingerprint density at radius 3 is 2.61 bits per heavy atom. The Kier molecular flexibility index (Phi) is 6.57. The molecule has 0 spiro atoms. The summed E-state index contributed by atoms with van der Waals surface area (Å²) in [5.74, 6) is -0.404. The highest BCUT2D eigenvalue weighted by molar-refractivity contribution is 6.13. The van der Waals surface area contributed by atoms with Gasteiger partial charge in [0.05, 0.1) is 29.2 Å². The van der Waals surface area contributed by atoms with Gasteiger partial charge in [0, 0.05) is 55.1 Å². The summed E-state index contributed by atoms with van der Waals surface area (Å²) in [7, 11) is 0. The van der Waals surface area contributed by atoms with Gasteiger partial charge in [0.1, 0.15) is 0 Å². The summed E-state index contributed by atoms with van der Waals surface area (Å²) in [6.07, 6.45) is 9.95. The monoisotopic (exact) mass is 511 g/mol. The van der Waals surface area contributed by atoms with Crippen LogP contribution in [0.1, 0.15) is 41.7 Å². The van der Waals surface area contributed by atoms with E-state index in [1.165, 1.54) is 6.20 Å². The normalized spacial score (nSPS) is 16.4. The van der Waals surface area contributed by atoms with Crippen LogP contribution in [0.15, 0.2) is 55.1 Å². The smallest absolute Gasteiger partial charge is 0.276 e. The van der Waals surface area contributed by atoms with E-state index in [0.717, 1.165) is 67.5 Å². The lowest BCUT2D eigenvalue weighted by Crippen LogP contribution is -2.35. The van der Waals surface area contributed by atoms with Gasteiger partial charge < -0.3 is 15.7 Å². The summed E-state index contributed by atoms with van der Waals surface area (Å²) in [6.45, 7) is 2.52. The van der Waals surface area contributed by atoms with Gasteiger partial charge in [-0.3, -0.25) is 29.6 Å². The van der Waals surface area contributed by atoms with Gasteiger partial charge in [-0.1, -0.05) is 6.07 Å². The molecule has 1 saturated carbocycles. The van der Waals surface area contributed by atoms with E-state index in [2.05, 4.69) is 41.8 Å². The second kappa shape index (κ2) is 10.3. The van der Waals surface area contributed by atoms with E-state index in [1.54, 1.807) is 12.3 Å². The number of carbonyl (C=O) groups excluding carboxylic acids is 2. The van der Waals surface area contributed by atoms with E-state index < -0.39 is 5.91 Å². The predicted molar refractivity (Wildman–Crippen MR) is 143 cm³/mol. The van der Waals surface area contributed by atoms with Crippen LogP contribution in [0.25, 0.3) is 22.0 Å². The van der Waals surface area contributed by atoms with Gasteiger partial charge in [-0.2, -0.15) is 5.10 Å². The van der Waals surface area contributed by atoms with Crippen molar-refractivity contribution in [2.75, 3.05) is 23.7 Å².